The fraction of sp³-hybridized carbons (Fsp3) is 0.350. The molecule has 1 saturated heterocycles. The predicted molar refractivity (Wildman–Crippen MR) is 105 cm³/mol. The number of amidine groups is 1. The van der Waals surface area contributed by atoms with Crippen LogP contribution in [0.1, 0.15) is 18.1 Å². The number of carbonyl (C=O) groups is 2. The molecule has 0 spiro atoms. The van der Waals surface area contributed by atoms with Crippen LogP contribution in [0.25, 0.3) is 11.0 Å². The van der Waals surface area contributed by atoms with Crippen molar-refractivity contribution in [1.29, 1.82) is 0 Å². The van der Waals surface area contributed by atoms with Gasteiger partial charge in [0.25, 0.3) is 0 Å². The molecule has 2 aromatic rings. The summed E-state index contributed by atoms with van der Waals surface area (Å²) in [6, 6.07) is 10.3. The van der Waals surface area contributed by atoms with E-state index >= 15 is 0 Å². The van der Waals surface area contributed by atoms with Crippen molar-refractivity contribution in [2.45, 2.75) is 12.3 Å². The average Bonchev–Trinajstić information content (AvgIpc) is 3.24. The topological polar surface area (TPSA) is 113 Å². The van der Waals surface area contributed by atoms with Crippen LogP contribution in [0, 0.1) is 0 Å². The summed E-state index contributed by atoms with van der Waals surface area (Å²) in [6.07, 6.45) is 2.06. The van der Waals surface area contributed by atoms with Gasteiger partial charge in [-0.15, -0.1) is 0 Å². The third-order valence-corrected chi connectivity index (χ3v) is 4.17. The highest BCUT2D eigenvalue weighted by Crippen LogP contribution is 2.32. The van der Waals surface area contributed by atoms with Crippen LogP contribution < -0.4 is 0 Å². The molecule has 3 rings (SSSR count). The Balaban J connectivity index is 0.000000300. The molecule has 8 heteroatoms. The highest BCUT2D eigenvalue weighted by molar-refractivity contribution is 5.89. The number of fused-ring (bicyclic) bond motifs is 1. The summed E-state index contributed by atoms with van der Waals surface area (Å²) >= 11 is 0. The highest BCUT2D eigenvalue weighted by atomic mass is 16.5. The van der Waals surface area contributed by atoms with Crippen molar-refractivity contribution in [3.63, 3.8) is 0 Å². The largest absolute Gasteiger partial charge is 0.478 e. The number of aliphatic imine (C=N–C) groups is 1. The molecule has 0 radical (unpaired) electrons. The second kappa shape index (κ2) is 10.3. The number of ether oxygens (including phenoxy) is 1. The number of carboxylic acids is 2. The van der Waals surface area contributed by atoms with Crippen molar-refractivity contribution in [1.82, 2.24) is 4.90 Å². The molecule has 28 heavy (non-hydrogen) atoms. The van der Waals surface area contributed by atoms with Gasteiger partial charge in [-0.1, -0.05) is 18.2 Å². The van der Waals surface area contributed by atoms with Gasteiger partial charge in [-0.25, -0.2) is 9.59 Å². The first kappa shape index (κ1) is 21.2. The maximum Gasteiger partial charge on any atom is 0.328 e. The molecule has 1 unspecified atom stereocenters. The number of carboxylic acid groups (broad SMARTS) is 2. The highest BCUT2D eigenvalue weighted by Gasteiger charge is 2.28. The molecule has 1 aliphatic heterocycles. The van der Waals surface area contributed by atoms with E-state index in [4.69, 9.17) is 19.4 Å². The molecule has 2 heterocycles. The van der Waals surface area contributed by atoms with Crippen molar-refractivity contribution < 1.29 is 29.0 Å². The van der Waals surface area contributed by atoms with Gasteiger partial charge in [0.05, 0.1) is 19.0 Å². The van der Waals surface area contributed by atoms with Gasteiger partial charge < -0.3 is 24.3 Å². The molecular weight excluding hydrogens is 364 g/mol. The smallest absolute Gasteiger partial charge is 0.328 e. The van der Waals surface area contributed by atoms with Crippen molar-refractivity contribution in [2.75, 3.05) is 33.9 Å². The van der Waals surface area contributed by atoms with Gasteiger partial charge in [-0.05, 0) is 12.1 Å². The third kappa shape index (κ3) is 6.24. The molecule has 1 atom stereocenters. The Hall–Kier alpha value is -3.13. The lowest BCUT2D eigenvalue weighted by molar-refractivity contribution is -0.134. The summed E-state index contributed by atoms with van der Waals surface area (Å²) in [6.45, 7) is 2.36. The van der Waals surface area contributed by atoms with Crippen LogP contribution in [0.3, 0.4) is 0 Å². The number of methoxy groups -OCH3 is 1. The standard InChI is InChI=1S/C16H20N2O2.C4H4O4/c1-18-11-13(10-16(18)17-7-8-19-2)15-9-12-5-3-4-6-14(12)20-15;5-3(6)1-2-4(7)8/h3-6,9,13H,7-8,10-11H2,1-2H3;1-2H,(H,5,6)(H,7,8)/b;2-1+. The number of likely N-dealkylation sites (N-methyl/N-ethyl adjacent to an activating group) is 1. The van der Waals surface area contributed by atoms with Crippen molar-refractivity contribution in [3.05, 3.63) is 48.2 Å². The number of benzene rings is 1. The Morgan fingerprint density at radius 1 is 1.29 bits per heavy atom. The van der Waals surface area contributed by atoms with Gasteiger partial charge in [0.2, 0.25) is 0 Å². The Bertz CT molecular complexity index is 821. The number of hydrogen-bond donors (Lipinski definition) is 2. The number of likely N-dealkylation sites (tertiary alicyclic amines) is 1. The van der Waals surface area contributed by atoms with E-state index in [-0.39, 0.29) is 0 Å². The lowest BCUT2D eigenvalue weighted by Crippen LogP contribution is -2.20. The van der Waals surface area contributed by atoms with Crippen LogP contribution in [0.15, 0.2) is 51.9 Å². The van der Waals surface area contributed by atoms with Gasteiger partial charge in [-0.2, -0.15) is 0 Å². The maximum atomic E-state index is 9.55. The first-order chi connectivity index (χ1) is 13.4. The lowest BCUT2D eigenvalue weighted by atomic mass is 10.1. The molecular formula is C20H24N2O6. The zero-order valence-corrected chi connectivity index (χ0v) is 15.9. The van der Waals surface area contributed by atoms with Crippen LogP contribution in [0.2, 0.25) is 0 Å². The second-order valence-corrected chi connectivity index (χ2v) is 6.27. The van der Waals surface area contributed by atoms with E-state index in [2.05, 4.69) is 29.1 Å². The van der Waals surface area contributed by atoms with E-state index in [0.717, 1.165) is 36.7 Å². The van der Waals surface area contributed by atoms with E-state index in [9.17, 15) is 9.59 Å². The van der Waals surface area contributed by atoms with Gasteiger partial charge in [-0.3, -0.25) is 4.99 Å². The molecule has 150 valence electrons. The van der Waals surface area contributed by atoms with E-state index in [1.54, 1.807) is 7.11 Å². The SMILES string of the molecule is COCCN=C1CC(c2cc3ccccc3o2)CN1C.O=C(O)/C=C/C(=O)O. The van der Waals surface area contributed by atoms with Gasteiger partial charge in [0.15, 0.2) is 0 Å². The minimum atomic E-state index is -1.26. The molecule has 0 bridgehead atoms. The quantitative estimate of drug-likeness (QED) is 0.578. The van der Waals surface area contributed by atoms with E-state index in [1.807, 2.05) is 18.2 Å². The molecule has 0 amide bonds. The first-order valence-electron chi connectivity index (χ1n) is 8.76. The van der Waals surface area contributed by atoms with Crippen molar-refractivity contribution in [3.8, 4) is 0 Å². The van der Waals surface area contributed by atoms with E-state index in [0.29, 0.717) is 24.7 Å². The van der Waals surface area contributed by atoms with Crippen LogP contribution in [-0.2, 0) is 14.3 Å². The Labute approximate surface area is 162 Å². The van der Waals surface area contributed by atoms with E-state index in [1.165, 1.54) is 5.39 Å². The van der Waals surface area contributed by atoms with Crippen LogP contribution in [-0.4, -0.2) is 66.7 Å². The summed E-state index contributed by atoms with van der Waals surface area (Å²) in [7, 11) is 3.80. The average molecular weight is 388 g/mol. The number of para-hydroxylation sites is 1. The molecule has 1 aromatic heterocycles. The summed E-state index contributed by atoms with van der Waals surface area (Å²) in [5, 5.41) is 16.8. The monoisotopic (exact) mass is 388 g/mol. The van der Waals surface area contributed by atoms with E-state index < -0.39 is 11.9 Å². The zero-order valence-electron chi connectivity index (χ0n) is 15.9. The van der Waals surface area contributed by atoms with Crippen molar-refractivity contribution >= 4 is 28.7 Å². The van der Waals surface area contributed by atoms with Crippen molar-refractivity contribution in [2.24, 2.45) is 4.99 Å². The maximum absolute atomic E-state index is 9.55. The Morgan fingerprint density at radius 3 is 2.57 bits per heavy atom. The summed E-state index contributed by atoms with van der Waals surface area (Å²) in [5.74, 6) is 0.0935. The summed E-state index contributed by atoms with van der Waals surface area (Å²) in [4.78, 5) is 25.9. The Morgan fingerprint density at radius 2 is 1.96 bits per heavy atom. The molecule has 1 aromatic carbocycles. The molecule has 2 N–H and O–H groups in total. The molecule has 0 aliphatic carbocycles. The lowest BCUT2D eigenvalue weighted by Gasteiger charge is -2.11. The number of aliphatic carboxylic acids is 2. The van der Waals surface area contributed by atoms with Crippen LogP contribution >= 0.6 is 0 Å². The fourth-order valence-corrected chi connectivity index (χ4v) is 2.86. The first-order valence-corrected chi connectivity index (χ1v) is 8.76. The van der Waals surface area contributed by atoms with Gasteiger partial charge >= 0.3 is 11.9 Å². The number of hydrogen-bond acceptors (Lipinski definition) is 5. The number of nitrogens with zero attached hydrogens (tertiary/aromatic N) is 2. The number of furan rings is 1. The third-order valence-electron chi connectivity index (χ3n) is 4.17. The normalized spacial score (nSPS) is 17.9. The summed E-state index contributed by atoms with van der Waals surface area (Å²) < 4.78 is 11.0. The van der Waals surface area contributed by atoms with Crippen LogP contribution in [0.5, 0.6) is 0 Å². The molecule has 0 saturated carbocycles. The minimum absolute atomic E-state index is 0.397. The second-order valence-electron chi connectivity index (χ2n) is 6.27. The zero-order chi connectivity index (χ0) is 20.5. The number of rotatable bonds is 6. The minimum Gasteiger partial charge on any atom is -0.478 e. The molecule has 1 fully saturated rings. The summed E-state index contributed by atoms with van der Waals surface area (Å²) in [5.41, 5.74) is 0.968. The van der Waals surface area contributed by atoms with Gasteiger partial charge in [0.1, 0.15) is 11.3 Å². The fourth-order valence-electron chi connectivity index (χ4n) is 2.86. The predicted octanol–water partition coefficient (Wildman–Crippen LogP) is 2.61. The Kier molecular flexibility index (Phi) is 7.76. The molecule has 8 nitrogen and oxygen atoms in total. The molecule has 1 aliphatic rings. The van der Waals surface area contributed by atoms with Gasteiger partial charge in [0, 0.05) is 50.6 Å². The van der Waals surface area contributed by atoms with Crippen LogP contribution in [0.4, 0.5) is 0 Å².